The first-order valence-electron chi connectivity index (χ1n) is 9.82. The zero-order valence-electron chi connectivity index (χ0n) is 16.8. The molecule has 0 spiro atoms. The maximum absolute atomic E-state index is 13.9. The summed E-state index contributed by atoms with van der Waals surface area (Å²) in [6.45, 7) is 4.53. The van der Waals surface area contributed by atoms with Crippen molar-refractivity contribution >= 4 is 28.3 Å². The van der Waals surface area contributed by atoms with Gasteiger partial charge in [-0.2, -0.15) is 0 Å². The summed E-state index contributed by atoms with van der Waals surface area (Å²) >= 11 is 1.16. The number of hydrogen-bond donors (Lipinski definition) is 1. The van der Waals surface area contributed by atoms with Crippen molar-refractivity contribution in [3.63, 3.8) is 0 Å². The normalized spacial score (nSPS) is 18.4. The number of benzene rings is 2. The van der Waals surface area contributed by atoms with Crippen molar-refractivity contribution in [2.24, 2.45) is 0 Å². The van der Waals surface area contributed by atoms with E-state index in [0.717, 1.165) is 17.8 Å². The molecule has 1 aromatic heterocycles. The molecule has 7 heteroatoms. The molecule has 1 saturated heterocycles. The van der Waals surface area contributed by atoms with Crippen LogP contribution in [0.15, 0.2) is 53.9 Å². The average molecular weight is 424 g/mol. The van der Waals surface area contributed by atoms with Crippen LogP contribution < -0.4 is 5.32 Å². The quantitative estimate of drug-likeness (QED) is 0.626. The number of carbonyl (C=O) groups is 2. The van der Waals surface area contributed by atoms with Gasteiger partial charge in [-0.15, -0.1) is 11.3 Å². The molecule has 1 aliphatic heterocycles. The van der Waals surface area contributed by atoms with Gasteiger partial charge in [0.25, 0.3) is 0 Å². The highest BCUT2D eigenvalue weighted by molar-refractivity contribution is 7.14. The van der Waals surface area contributed by atoms with Crippen molar-refractivity contribution in [3.05, 3.63) is 70.9 Å². The zero-order chi connectivity index (χ0) is 21.3. The Bertz CT molecular complexity index is 1100. The van der Waals surface area contributed by atoms with Crippen LogP contribution in [0.1, 0.15) is 30.4 Å². The van der Waals surface area contributed by atoms with Crippen LogP contribution in [0.4, 0.5) is 9.52 Å². The minimum Gasteiger partial charge on any atom is -0.331 e. The van der Waals surface area contributed by atoms with E-state index in [1.54, 1.807) is 28.5 Å². The molecule has 154 valence electrons. The molecule has 2 aromatic carbocycles. The van der Waals surface area contributed by atoms with E-state index in [1.165, 1.54) is 17.2 Å². The molecular weight excluding hydrogens is 401 g/mol. The number of amides is 2. The Kier molecular flexibility index (Phi) is 5.63. The minimum atomic E-state index is -0.721. The van der Waals surface area contributed by atoms with E-state index in [1.807, 2.05) is 19.1 Å². The number of nitrogens with zero attached hydrogens (tertiary/aromatic N) is 2. The van der Waals surface area contributed by atoms with Gasteiger partial charge in [0.05, 0.1) is 5.69 Å². The summed E-state index contributed by atoms with van der Waals surface area (Å²) < 4.78 is 13.9. The van der Waals surface area contributed by atoms with Gasteiger partial charge in [-0.3, -0.25) is 14.9 Å². The maximum Gasteiger partial charge on any atom is 0.315 e. The molecule has 0 radical (unpaired) electrons. The second-order valence-corrected chi connectivity index (χ2v) is 8.43. The number of aryl methyl sites for hydroxylation is 1. The molecule has 3 aromatic rings. The molecule has 2 heterocycles. The topological polar surface area (TPSA) is 62.3 Å². The summed E-state index contributed by atoms with van der Waals surface area (Å²) in [6, 6.07) is 14.4. The van der Waals surface area contributed by atoms with Crippen LogP contribution in [-0.2, 0) is 9.59 Å². The Morgan fingerprint density at radius 1 is 1.17 bits per heavy atom. The lowest BCUT2D eigenvalue weighted by molar-refractivity contribution is -0.143. The third-order valence-electron chi connectivity index (χ3n) is 5.53. The lowest BCUT2D eigenvalue weighted by atomic mass is 9.93. The fourth-order valence-corrected chi connectivity index (χ4v) is 4.69. The van der Waals surface area contributed by atoms with Crippen LogP contribution in [0.5, 0.6) is 0 Å². The monoisotopic (exact) mass is 423 g/mol. The van der Waals surface area contributed by atoms with Gasteiger partial charge in [-0.1, -0.05) is 36.4 Å². The van der Waals surface area contributed by atoms with Gasteiger partial charge in [-0.05, 0) is 43.5 Å². The molecule has 1 aliphatic rings. The summed E-state index contributed by atoms with van der Waals surface area (Å²) in [5, 5.41) is 4.50. The Morgan fingerprint density at radius 3 is 2.67 bits per heavy atom. The second kappa shape index (κ2) is 8.36. The summed E-state index contributed by atoms with van der Waals surface area (Å²) in [6.07, 6.45) is 0.818. The Labute approximate surface area is 178 Å². The standard InChI is InChI=1S/C23H22FN3O2S/c1-14-7-3-4-8-17(14)16-11-15(2)27(12-16)22(29)21(28)26-23-25-20(13-30-23)18-9-5-6-10-19(18)24/h3-10,13,15-16H,11-12H2,1-2H3,(H,25,26,28)/t15-,16-/m0/s1. The van der Waals surface area contributed by atoms with Crippen LogP contribution in [-0.4, -0.2) is 34.3 Å². The number of carbonyl (C=O) groups excluding carboxylic acids is 2. The highest BCUT2D eigenvalue weighted by Crippen LogP contribution is 2.33. The van der Waals surface area contributed by atoms with Crippen molar-refractivity contribution in [2.75, 3.05) is 11.9 Å². The van der Waals surface area contributed by atoms with Gasteiger partial charge in [0, 0.05) is 29.4 Å². The summed E-state index contributed by atoms with van der Waals surface area (Å²) in [4.78, 5) is 31.2. The van der Waals surface area contributed by atoms with Gasteiger partial charge < -0.3 is 4.90 Å². The fraction of sp³-hybridized carbons (Fsp3) is 0.261. The fourth-order valence-electron chi connectivity index (χ4n) is 3.99. The lowest BCUT2D eigenvalue weighted by Gasteiger charge is -2.20. The van der Waals surface area contributed by atoms with E-state index in [0.29, 0.717) is 17.8 Å². The summed E-state index contributed by atoms with van der Waals surface area (Å²) in [7, 11) is 0. The number of anilines is 1. The predicted octanol–water partition coefficient (Wildman–Crippen LogP) is 4.60. The molecule has 4 rings (SSSR count). The van der Waals surface area contributed by atoms with Crippen molar-refractivity contribution in [3.8, 4) is 11.3 Å². The SMILES string of the molecule is Cc1ccccc1[C@H]1C[C@H](C)N(C(=O)C(=O)Nc2nc(-c3ccccc3F)cs2)C1. The highest BCUT2D eigenvalue weighted by atomic mass is 32.1. The van der Waals surface area contributed by atoms with Gasteiger partial charge >= 0.3 is 11.8 Å². The second-order valence-electron chi connectivity index (χ2n) is 7.57. The van der Waals surface area contributed by atoms with Crippen LogP contribution in [0.25, 0.3) is 11.3 Å². The minimum absolute atomic E-state index is 0.0295. The Balaban J connectivity index is 1.44. The third kappa shape index (κ3) is 3.98. The molecule has 0 unspecified atom stereocenters. The molecule has 0 saturated carbocycles. The van der Waals surface area contributed by atoms with E-state index in [9.17, 15) is 14.0 Å². The molecule has 1 N–H and O–H groups in total. The Morgan fingerprint density at radius 2 is 1.90 bits per heavy atom. The first-order chi connectivity index (χ1) is 14.4. The largest absolute Gasteiger partial charge is 0.331 e. The molecule has 1 fully saturated rings. The number of aromatic nitrogens is 1. The number of halogens is 1. The van der Waals surface area contributed by atoms with Crippen molar-refractivity contribution in [2.45, 2.75) is 32.2 Å². The predicted molar refractivity (Wildman–Crippen MR) is 116 cm³/mol. The third-order valence-corrected chi connectivity index (χ3v) is 6.29. The molecule has 2 amide bonds. The summed E-state index contributed by atoms with van der Waals surface area (Å²) in [5.74, 6) is -1.46. The maximum atomic E-state index is 13.9. The molecule has 30 heavy (non-hydrogen) atoms. The molecule has 0 bridgehead atoms. The van der Waals surface area contributed by atoms with Crippen molar-refractivity contribution in [1.82, 2.24) is 9.88 Å². The Hall–Kier alpha value is -3.06. The average Bonchev–Trinajstić information content (AvgIpc) is 3.34. The first kappa shape index (κ1) is 20.2. The van der Waals surface area contributed by atoms with Crippen LogP contribution in [0, 0.1) is 12.7 Å². The summed E-state index contributed by atoms with van der Waals surface area (Å²) in [5.41, 5.74) is 3.19. The number of thiazole rings is 1. The number of likely N-dealkylation sites (tertiary alicyclic amines) is 1. The van der Waals surface area contributed by atoms with Crippen LogP contribution in [0.3, 0.4) is 0 Å². The zero-order valence-corrected chi connectivity index (χ0v) is 17.6. The molecular formula is C23H22FN3O2S. The van der Waals surface area contributed by atoms with Crippen LogP contribution >= 0.6 is 11.3 Å². The van der Waals surface area contributed by atoms with Crippen molar-refractivity contribution in [1.29, 1.82) is 0 Å². The van der Waals surface area contributed by atoms with Gasteiger partial charge in [-0.25, -0.2) is 9.37 Å². The highest BCUT2D eigenvalue weighted by Gasteiger charge is 2.36. The van der Waals surface area contributed by atoms with E-state index in [4.69, 9.17) is 0 Å². The van der Waals surface area contributed by atoms with Crippen molar-refractivity contribution < 1.29 is 14.0 Å². The number of nitrogens with one attached hydrogen (secondary N) is 1. The van der Waals surface area contributed by atoms with Crippen LogP contribution in [0.2, 0.25) is 0 Å². The van der Waals surface area contributed by atoms with Gasteiger partial charge in [0.15, 0.2) is 5.13 Å². The molecule has 5 nitrogen and oxygen atoms in total. The number of rotatable bonds is 3. The smallest absolute Gasteiger partial charge is 0.315 e. The number of hydrogen-bond acceptors (Lipinski definition) is 4. The van der Waals surface area contributed by atoms with E-state index >= 15 is 0 Å². The van der Waals surface area contributed by atoms with Gasteiger partial charge in [0.2, 0.25) is 0 Å². The van der Waals surface area contributed by atoms with E-state index < -0.39 is 11.8 Å². The molecule has 0 aliphatic carbocycles. The lowest BCUT2D eigenvalue weighted by Crippen LogP contribution is -2.41. The van der Waals surface area contributed by atoms with E-state index in [2.05, 4.69) is 29.4 Å². The van der Waals surface area contributed by atoms with Gasteiger partial charge in [0.1, 0.15) is 5.82 Å². The molecule has 2 atom stereocenters. The van der Waals surface area contributed by atoms with E-state index in [-0.39, 0.29) is 22.9 Å². The first-order valence-corrected chi connectivity index (χ1v) is 10.7.